The lowest BCUT2D eigenvalue weighted by Gasteiger charge is -2.23. The van der Waals surface area contributed by atoms with Crippen LogP contribution in [0.4, 0.5) is 10.5 Å². The van der Waals surface area contributed by atoms with E-state index in [2.05, 4.69) is 47.8 Å². The number of benzene rings is 3. The molecule has 10 nitrogen and oxygen atoms in total. The number of ether oxygens (including phenoxy) is 2. The first kappa shape index (κ1) is 35.6. The maximum atomic E-state index is 13.5. The third-order valence-electron chi connectivity index (χ3n) is 6.92. The standard InChI is InChI=1S/C33H38Br2N4O6/c1-44-32(42)27(14-8-9-17-37-33(43)45-21-23-12-6-3-7-13-23)39-31(41)28(20-24-18-25(34)30(36)26(35)19-24)38-29(40)16-15-22-10-4-2-5-11-22/h2-7,10-13,18-19,27-28H,8-9,14-17,20-21,36H2,1H3,(H,37,43)(H,38,40)(H,39,41)/t27-,28+/m0/s1. The second-order valence-electron chi connectivity index (χ2n) is 10.4. The van der Waals surface area contributed by atoms with Crippen molar-refractivity contribution in [1.82, 2.24) is 16.0 Å². The average molecular weight is 746 g/mol. The lowest BCUT2D eigenvalue weighted by atomic mass is 10.0. The molecule has 0 heterocycles. The Morgan fingerprint density at radius 1 is 0.822 bits per heavy atom. The number of hydrogen-bond acceptors (Lipinski definition) is 7. The van der Waals surface area contributed by atoms with Crippen molar-refractivity contribution in [3.8, 4) is 0 Å². The lowest BCUT2D eigenvalue weighted by Crippen LogP contribution is -2.52. The van der Waals surface area contributed by atoms with E-state index in [0.29, 0.717) is 40.4 Å². The number of nitrogens with two attached hydrogens (primary N) is 1. The van der Waals surface area contributed by atoms with E-state index in [0.717, 1.165) is 16.7 Å². The molecule has 0 aliphatic rings. The van der Waals surface area contributed by atoms with Gasteiger partial charge in [0.1, 0.15) is 18.7 Å². The Morgan fingerprint density at radius 3 is 2.07 bits per heavy atom. The topological polar surface area (TPSA) is 149 Å². The van der Waals surface area contributed by atoms with Gasteiger partial charge in [0.15, 0.2) is 0 Å². The number of nitrogen functional groups attached to an aromatic ring is 1. The SMILES string of the molecule is COC(=O)[C@H](CCCCNC(=O)OCc1ccccc1)NC(=O)[C@@H](Cc1cc(Br)c(N)c(Br)c1)NC(=O)CCc1ccccc1. The Bertz CT molecular complexity index is 1400. The minimum Gasteiger partial charge on any atom is -0.467 e. The van der Waals surface area contributed by atoms with E-state index in [1.54, 1.807) is 12.1 Å². The molecule has 3 amide bonds. The van der Waals surface area contributed by atoms with Gasteiger partial charge < -0.3 is 31.2 Å². The molecule has 0 aliphatic carbocycles. The van der Waals surface area contributed by atoms with Gasteiger partial charge >= 0.3 is 12.1 Å². The lowest BCUT2D eigenvalue weighted by molar-refractivity contribution is -0.145. The van der Waals surface area contributed by atoms with Gasteiger partial charge in [0.2, 0.25) is 11.8 Å². The number of alkyl carbamates (subject to hydrolysis) is 1. The number of esters is 1. The number of carbonyl (C=O) groups excluding carboxylic acids is 4. The molecule has 0 saturated heterocycles. The third-order valence-corrected chi connectivity index (χ3v) is 8.23. The number of amides is 3. The summed E-state index contributed by atoms with van der Waals surface area (Å²) in [6.07, 6.45) is 1.63. The van der Waals surface area contributed by atoms with Crippen LogP contribution in [-0.2, 0) is 43.3 Å². The van der Waals surface area contributed by atoms with E-state index in [1.807, 2.05) is 60.7 Å². The molecule has 0 saturated carbocycles. The Kier molecular flexibility index (Phi) is 14.9. The first-order chi connectivity index (χ1) is 21.7. The summed E-state index contributed by atoms with van der Waals surface area (Å²) in [5.74, 6) is -1.43. The smallest absolute Gasteiger partial charge is 0.407 e. The number of unbranched alkanes of at least 4 members (excludes halogenated alkanes) is 1. The summed E-state index contributed by atoms with van der Waals surface area (Å²) >= 11 is 6.85. The van der Waals surface area contributed by atoms with Gasteiger partial charge in [0, 0.05) is 28.3 Å². The summed E-state index contributed by atoms with van der Waals surface area (Å²) in [5.41, 5.74) is 9.17. The molecular formula is C33H38Br2N4O6. The van der Waals surface area contributed by atoms with Crippen LogP contribution in [0.2, 0.25) is 0 Å². The summed E-state index contributed by atoms with van der Waals surface area (Å²) in [6.45, 7) is 0.494. The zero-order chi connectivity index (χ0) is 32.6. The van der Waals surface area contributed by atoms with E-state index < -0.39 is 30.1 Å². The highest BCUT2D eigenvalue weighted by atomic mass is 79.9. The minimum atomic E-state index is -0.969. The van der Waals surface area contributed by atoms with Crippen molar-refractivity contribution in [2.75, 3.05) is 19.4 Å². The fraction of sp³-hybridized carbons (Fsp3) is 0.333. The fourth-order valence-corrected chi connectivity index (χ4v) is 5.75. The van der Waals surface area contributed by atoms with Crippen molar-refractivity contribution in [3.05, 3.63) is 98.4 Å². The second-order valence-corrected chi connectivity index (χ2v) is 12.1. The normalized spacial score (nSPS) is 12.0. The van der Waals surface area contributed by atoms with Crippen LogP contribution in [0.1, 0.15) is 42.4 Å². The minimum absolute atomic E-state index is 0.156. The van der Waals surface area contributed by atoms with E-state index in [9.17, 15) is 19.2 Å². The Balaban J connectivity index is 1.57. The molecule has 0 aliphatic heterocycles. The van der Waals surface area contributed by atoms with Crippen LogP contribution in [-0.4, -0.2) is 49.6 Å². The molecular weight excluding hydrogens is 708 g/mol. The van der Waals surface area contributed by atoms with Crippen molar-refractivity contribution >= 4 is 61.4 Å². The number of rotatable bonds is 16. The Hall–Kier alpha value is -3.90. The number of anilines is 1. The summed E-state index contributed by atoms with van der Waals surface area (Å²) in [7, 11) is 1.25. The van der Waals surface area contributed by atoms with E-state index in [1.165, 1.54) is 7.11 Å². The molecule has 12 heteroatoms. The Labute approximate surface area is 280 Å². The second kappa shape index (κ2) is 18.8. The van der Waals surface area contributed by atoms with Gasteiger partial charge in [0.25, 0.3) is 0 Å². The zero-order valence-corrected chi connectivity index (χ0v) is 28.2. The van der Waals surface area contributed by atoms with Crippen LogP contribution >= 0.6 is 31.9 Å². The summed E-state index contributed by atoms with van der Waals surface area (Å²) in [5, 5.41) is 8.28. The highest BCUT2D eigenvalue weighted by Crippen LogP contribution is 2.30. The molecule has 3 rings (SSSR count). The number of halogens is 2. The molecule has 0 radical (unpaired) electrons. The zero-order valence-electron chi connectivity index (χ0n) is 25.0. The van der Waals surface area contributed by atoms with Crippen LogP contribution in [0, 0.1) is 0 Å². The number of aryl methyl sites for hydroxylation is 1. The Morgan fingerprint density at radius 2 is 1.44 bits per heavy atom. The van der Waals surface area contributed by atoms with Crippen LogP contribution in [0.5, 0.6) is 0 Å². The maximum Gasteiger partial charge on any atom is 0.407 e. The predicted molar refractivity (Wildman–Crippen MR) is 179 cm³/mol. The van der Waals surface area contributed by atoms with Gasteiger partial charge in [-0.15, -0.1) is 0 Å². The highest BCUT2D eigenvalue weighted by Gasteiger charge is 2.28. The number of hydrogen-bond donors (Lipinski definition) is 4. The van der Waals surface area contributed by atoms with Crippen molar-refractivity contribution in [2.45, 2.75) is 57.2 Å². The largest absolute Gasteiger partial charge is 0.467 e. The van der Waals surface area contributed by atoms with Gasteiger partial charge in [-0.25, -0.2) is 9.59 Å². The summed E-state index contributed by atoms with van der Waals surface area (Å²) in [6, 6.07) is 20.6. The number of carbonyl (C=O) groups is 4. The van der Waals surface area contributed by atoms with Crippen molar-refractivity contribution in [1.29, 1.82) is 0 Å². The molecule has 240 valence electrons. The van der Waals surface area contributed by atoms with Crippen LogP contribution in [0.3, 0.4) is 0 Å². The van der Waals surface area contributed by atoms with E-state index in [-0.39, 0.29) is 31.8 Å². The molecule has 0 spiro atoms. The molecule has 5 N–H and O–H groups in total. The number of nitrogens with one attached hydrogen (secondary N) is 3. The van der Waals surface area contributed by atoms with Crippen LogP contribution in [0.25, 0.3) is 0 Å². The quantitative estimate of drug-likeness (QED) is 0.0894. The van der Waals surface area contributed by atoms with Crippen molar-refractivity contribution < 1.29 is 28.7 Å². The van der Waals surface area contributed by atoms with Gasteiger partial charge in [0.05, 0.1) is 12.8 Å². The monoisotopic (exact) mass is 744 g/mol. The first-order valence-corrected chi connectivity index (χ1v) is 16.1. The predicted octanol–water partition coefficient (Wildman–Crippen LogP) is 5.21. The highest BCUT2D eigenvalue weighted by molar-refractivity contribution is 9.11. The van der Waals surface area contributed by atoms with Crippen molar-refractivity contribution in [3.63, 3.8) is 0 Å². The molecule has 3 aromatic carbocycles. The fourth-order valence-electron chi connectivity index (χ4n) is 4.47. The number of methoxy groups -OCH3 is 1. The van der Waals surface area contributed by atoms with Gasteiger partial charge in [-0.1, -0.05) is 60.7 Å². The first-order valence-electron chi connectivity index (χ1n) is 14.6. The molecule has 3 aromatic rings. The van der Waals surface area contributed by atoms with Gasteiger partial charge in [-0.3, -0.25) is 9.59 Å². The molecule has 0 aromatic heterocycles. The summed E-state index contributed by atoms with van der Waals surface area (Å²) < 4.78 is 11.4. The van der Waals surface area contributed by atoms with Crippen LogP contribution in [0.15, 0.2) is 81.7 Å². The average Bonchev–Trinajstić information content (AvgIpc) is 3.04. The van der Waals surface area contributed by atoms with Gasteiger partial charge in [-0.2, -0.15) is 0 Å². The van der Waals surface area contributed by atoms with Crippen molar-refractivity contribution in [2.24, 2.45) is 0 Å². The molecule has 45 heavy (non-hydrogen) atoms. The van der Waals surface area contributed by atoms with E-state index in [4.69, 9.17) is 15.2 Å². The molecule has 0 fully saturated rings. The molecule has 2 atom stereocenters. The summed E-state index contributed by atoms with van der Waals surface area (Å²) in [4.78, 5) is 51.1. The van der Waals surface area contributed by atoms with Gasteiger partial charge in [-0.05, 0) is 86.4 Å². The molecule has 0 bridgehead atoms. The van der Waals surface area contributed by atoms with Crippen LogP contribution < -0.4 is 21.7 Å². The maximum absolute atomic E-state index is 13.5. The van der Waals surface area contributed by atoms with E-state index >= 15 is 0 Å². The third kappa shape index (κ3) is 12.6. The molecule has 0 unspecified atom stereocenters.